The minimum atomic E-state index is -5.48. The fraction of sp³-hybridized carbons (Fsp3) is 0.421. The molecule has 2 bridgehead atoms. The second-order valence-corrected chi connectivity index (χ2v) is 9.18. The van der Waals surface area contributed by atoms with Gasteiger partial charge in [0.1, 0.15) is 5.76 Å². The third kappa shape index (κ3) is 4.17. The number of anilines is 1. The Hall–Kier alpha value is -2.53. The number of nitrogens with one attached hydrogen (secondary N) is 2. The summed E-state index contributed by atoms with van der Waals surface area (Å²) in [5, 5.41) is 3.02. The summed E-state index contributed by atoms with van der Waals surface area (Å²) >= 11 is 0. The molecule has 1 aromatic carbocycles. The summed E-state index contributed by atoms with van der Waals surface area (Å²) in [7, 11) is -5.48. The van der Waals surface area contributed by atoms with Crippen LogP contribution in [0.2, 0.25) is 0 Å². The smallest absolute Gasteiger partial charge is 0.451 e. The lowest BCUT2D eigenvalue weighted by molar-refractivity contribution is -0.0429. The van der Waals surface area contributed by atoms with E-state index in [0.717, 1.165) is 32.5 Å². The molecule has 4 heterocycles. The predicted molar refractivity (Wildman–Crippen MR) is 103 cm³/mol. The molecule has 1 aromatic heterocycles. The molecular weight excluding hydrogens is 423 g/mol. The number of nitrogens with zero attached hydrogens (tertiary/aromatic N) is 1. The van der Waals surface area contributed by atoms with E-state index in [-0.39, 0.29) is 23.4 Å². The Morgan fingerprint density at radius 1 is 1.07 bits per heavy atom. The van der Waals surface area contributed by atoms with Gasteiger partial charge >= 0.3 is 15.5 Å². The molecule has 5 rings (SSSR count). The van der Waals surface area contributed by atoms with Crippen molar-refractivity contribution < 1.29 is 30.8 Å². The number of carbonyl (C=O) groups excluding carboxylic acids is 1. The Morgan fingerprint density at radius 2 is 1.73 bits per heavy atom. The first-order valence-electron chi connectivity index (χ1n) is 9.45. The van der Waals surface area contributed by atoms with Crippen molar-refractivity contribution in [2.24, 2.45) is 5.92 Å². The molecule has 0 unspecified atom stereocenters. The van der Waals surface area contributed by atoms with Crippen LogP contribution < -0.4 is 10.0 Å². The standard InChI is InChI=1S/C19H20F3N3O4S/c20-19(21,22)30(27,28)24-14-3-1-13(2-4-14)16-5-6-17(29-16)18(26)23-15-11-25-9-7-12(15)8-10-25/h1-6,12,15,24H,7-11H2,(H,23,26)/t15-/m0/s1. The molecule has 3 aliphatic heterocycles. The monoisotopic (exact) mass is 443 g/mol. The summed E-state index contributed by atoms with van der Waals surface area (Å²) in [6.45, 7) is 2.97. The van der Waals surface area contributed by atoms with E-state index < -0.39 is 15.5 Å². The molecule has 3 fully saturated rings. The van der Waals surface area contributed by atoms with E-state index in [2.05, 4.69) is 10.2 Å². The zero-order valence-electron chi connectivity index (χ0n) is 15.8. The van der Waals surface area contributed by atoms with Crippen molar-refractivity contribution >= 4 is 21.6 Å². The maximum Gasteiger partial charge on any atom is 0.516 e. The average Bonchev–Trinajstić information content (AvgIpc) is 3.19. The minimum absolute atomic E-state index is 0.0921. The van der Waals surface area contributed by atoms with Gasteiger partial charge in [0, 0.05) is 23.8 Å². The van der Waals surface area contributed by atoms with Crippen molar-refractivity contribution in [2.75, 3.05) is 24.4 Å². The van der Waals surface area contributed by atoms with Crippen molar-refractivity contribution in [3.8, 4) is 11.3 Å². The molecule has 3 aliphatic rings. The largest absolute Gasteiger partial charge is 0.516 e. The fourth-order valence-electron chi connectivity index (χ4n) is 3.90. The van der Waals surface area contributed by atoms with Crippen LogP contribution in [0.3, 0.4) is 0 Å². The van der Waals surface area contributed by atoms with Crippen molar-refractivity contribution in [3.05, 3.63) is 42.2 Å². The van der Waals surface area contributed by atoms with Gasteiger partial charge < -0.3 is 14.6 Å². The molecule has 30 heavy (non-hydrogen) atoms. The van der Waals surface area contributed by atoms with Gasteiger partial charge in [0.05, 0.1) is 0 Å². The summed E-state index contributed by atoms with van der Waals surface area (Å²) in [4.78, 5) is 14.9. The zero-order valence-corrected chi connectivity index (χ0v) is 16.6. The van der Waals surface area contributed by atoms with Crippen LogP contribution in [-0.2, 0) is 10.0 Å². The first-order valence-corrected chi connectivity index (χ1v) is 10.9. The molecule has 0 saturated carbocycles. The highest BCUT2D eigenvalue weighted by Gasteiger charge is 2.46. The second-order valence-electron chi connectivity index (χ2n) is 7.51. The molecule has 162 valence electrons. The van der Waals surface area contributed by atoms with E-state index in [1.54, 1.807) is 6.07 Å². The highest BCUT2D eigenvalue weighted by atomic mass is 32.2. The van der Waals surface area contributed by atoms with Crippen LogP contribution in [-0.4, -0.2) is 50.4 Å². The first kappa shape index (κ1) is 20.7. The number of furan rings is 1. The van der Waals surface area contributed by atoms with E-state index in [1.165, 1.54) is 35.1 Å². The summed E-state index contributed by atoms with van der Waals surface area (Å²) < 4.78 is 66.8. The lowest BCUT2D eigenvalue weighted by Gasteiger charge is -2.44. The number of halogens is 3. The fourth-order valence-corrected chi connectivity index (χ4v) is 4.46. The topological polar surface area (TPSA) is 91.7 Å². The number of hydrogen-bond donors (Lipinski definition) is 2. The van der Waals surface area contributed by atoms with E-state index >= 15 is 0 Å². The van der Waals surface area contributed by atoms with Crippen LogP contribution in [0, 0.1) is 5.92 Å². The predicted octanol–water partition coefficient (Wildman–Crippen LogP) is 3.03. The summed E-state index contributed by atoms with van der Waals surface area (Å²) in [5.74, 6) is 0.651. The normalized spacial score (nSPS) is 23.9. The van der Waals surface area contributed by atoms with Gasteiger partial charge in [-0.25, -0.2) is 0 Å². The van der Waals surface area contributed by atoms with Gasteiger partial charge in [-0.2, -0.15) is 21.6 Å². The number of piperidine rings is 3. The van der Waals surface area contributed by atoms with Crippen molar-refractivity contribution in [1.29, 1.82) is 0 Å². The highest BCUT2D eigenvalue weighted by molar-refractivity contribution is 7.93. The molecule has 3 saturated heterocycles. The van der Waals surface area contributed by atoms with Crippen LogP contribution in [0.15, 0.2) is 40.8 Å². The van der Waals surface area contributed by atoms with E-state index in [4.69, 9.17) is 4.42 Å². The maximum atomic E-state index is 12.5. The highest BCUT2D eigenvalue weighted by Crippen LogP contribution is 2.29. The Balaban J connectivity index is 1.42. The SMILES string of the molecule is O=C(N[C@H]1CN2CCC1CC2)c1ccc(-c2ccc(NS(=O)(=O)C(F)(F)F)cc2)o1. The number of alkyl halides is 3. The molecule has 1 atom stereocenters. The number of sulfonamides is 1. The maximum absolute atomic E-state index is 12.5. The molecule has 1 amide bonds. The van der Waals surface area contributed by atoms with Crippen LogP contribution in [0.4, 0.5) is 18.9 Å². The Bertz CT molecular complexity index is 1030. The van der Waals surface area contributed by atoms with E-state index in [9.17, 15) is 26.4 Å². The molecule has 2 N–H and O–H groups in total. The van der Waals surface area contributed by atoms with Gasteiger partial charge in [-0.05, 0) is 68.2 Å². The van der Waals surface area contributed by atoms with Gasteiger partial charge in [0.25, 0.3) is 5.91 Å². The third-order valence-electron chi connectivity index (χ3n) is 5.53. The molecular formula is C19H20F3N3O4S. The van der Waals surface area contributed by atoms with Crippen LogP contribution in [0.1, 0.15) is 23.4 Å². The number of carbonyl (C=O) groups is 1. The summed E-state index contributed by atoms with van der Waals surface area (Å²) in [6, 6.07) is 8.40. The molecule has 11 heteroatoms. The lowest BCUT2D eigenvalue weighted by Crippen LogP contribution is -2.57. The van der Waals surface area contributed by atoms with Gasteiger partial charge in [-0.15, -0.1) is 0 Å². The van der Waals surface area contributed by atoms with Gasteiger partial charge in [0.15, 0.2) is 5.76 Å². The Labute approximate surface area is 171 Å². The van der Waals surface area contributed by atoms with Gasteiger partial charge in [0.2, 0.25) is 0 Å². The molecule has 7 nitrogen and oxygen atoms in total. The Kier molecular flexibility index (Phi) is 5.27. The molecule has 0 spiro atoms. The zero-order chi connectivity index (χ0) is 21.5. The number of hydrogen-bond acceptors (Lipinski definition) is 5. The number of amides is 1. The average molecular weight is 443 g/mol. The third-order valence-corrected chi connectivity index (χ3v) is 6.64. The number of fused-ring (bicyclic) bond motifs is 3. The van der Waals surface area contributed by atoms with Crippen LogP contribution in [0.5, 0.6) is 0 Å². The summed E-state index contributed by atoms with van der Waals surface area (Å²) in [5.41, 5.74) is -5.14. The van der Waals surface area contributed by atoms with Crippen LogP contribution >= 0.6 is 0 Å². The number of benzene rings is 1. The lowest BCUT2D eigenvalue weighted by atomic mass is 9.84. The Morgan fingerprint density at radius 3 is 2.30 bits per heavy atom. The first-order chi connectivity index (χ1) is 14.1. The van der Waals surface area contributed by atoms with E-state index in [0.29, 0.717) is 17.2 Å². The summed E-state index contributed by atoms with van der Waals surface area (Å²) in [6.07, 6.45) is 2.14. The molecule has 0 radical (unpaired) electrons. The number of rotatable bonds is 5. The molecule has 0 aliphatic carbocycles. The van der Waals surface area contributed by atoms with E-state index in [1.807, 2.05) is 0 Å². The van der Waals surface area contributed by atoms with Crippen molar-refractivity contribution in [3.63, 3.8) is 0 Å². The quantitative estimate of drug-likeness (QED) is 0.741. The van der Waals surface area contributed by atoms with Crippen LogP contribution in [0.25, 0.3) is 11.3 Å². The van der Waals surface area contributed by atoms with Crippen molar-refractivity contribution in [1.82, 2.24) is 10.2 Å². The molecule has 2 aromatic rings. The second kappa shape index (κ2) is 7.62. The van der Waals surface area contributed by atoms with Crippen molar-refractivity contribution in [2.45, 2.75) is 24.4 Å². The van der Waals surface area contributed by atoms with Gasteiger partial charge in [-0.1, -0.05) is 0 Å². The minimum Gasteiger partial charge on any atom is -0.451 e. The van der Waals surface area contributed by atoms with Gasteiger partial charge in [-0.3, -0.25) is 9.52 Å².